The van der Waals surface area contributed by atoms with Gasteiger partial charge >= 0.3 is 0 Å². The normalized spacial score (nSPS) is 10.5. The first-order chi connectivity index (χ1) is 5.11. The first-order valence-electron chi connectivity index (χ1n) is 3.39. The monoisotopic (exact) mass is 263 g/mol. The van der Waals surface area contributed by atoms with Gasteiger partial charge in [-0.1, -0.05) is 13.8 Å². The molecule has 0 spiro atoms. The summed E-state index contributed by atoms with van der Waals surface area (Å²) in [7, 11) is 0. The second-order valence-electron chi connectivity index (χ2n) is 2.62. The molecule has 11 heavy (non-hydrogen) atoms. The Morgan fingerprint density at radius 3 is 2.64 bits per heavy atom. The zero-order chi connectivity index (χ0) is 8.43. The topological polar surface area (TPSA) is 51.8 Å². The van der Waals surface area contributed by atoms with Gasteiger partial charge in [-0.3, -0.25) is 0 Å². The Morgan fingerprint density at radius 1 is 1.55 bits per heavy atom. The lowest BCUT2D eigenvalue weighted by Gasteiger charge is -2.03. The van der Waals surface area contributed by atoms with Gasteiger partial charge < -0.3 is 5.73 Å². The van der Waals surface area contributed by atoms with E-state index in [1.807, 2.05) is 13.8 Å². The molecular formula is C7H10IN3. The highest BCUT2D eigenvalue weighted by Crippen LogP contribution is 2.14. The molecule has 1 heterocycles. The highest BCUT2D eigenvalue weighted by molar-refractivity contribution is 14.1. The van der Waals surface area contributed by atoms with Gasteiger partial charge in [-0.05, 0) is 22.6 Å². The minimum absolute atomic E-state index is 0.342. The van der Waals surface area contributed by atoms with Gasteiger partial charge in [-0.2, -0.15) is 0 Å². The number of aromatic nitrogens is 2. The van der Waals surface area contributed by atoms with Crippen LogP contribution in [0.2, 0.25) is 0 Å². The van der Waals surface area contributed by atoms with E-state index < -0.39 is 0 Å². The molecule has 1 aromatic rings. The van der Waals surface area contributed by atoms with Gasteiger partial charge in [0.2, 0.25) is 0 Å². The Morgan fingerprint density at radius 2 is 2.18 bits per heavy atom. The molecular weight excluding hydrogens is 253 g/mol. The van der Waals surface area contributed by atoms with Crippen LogP contribution in [0.5, 0.6) is 0 Å². The van der Waals surface area contributed by atoms with Crippen LogP contribution in [0, 0.1) is 3.57 Å². The Balaban J connectivity index is 3.05. The van der Waals surface area contributed by atoms with E-state index in [2.05, 4.69) is 32.6 Å². The largest absolute Gasteiger partial charge is 0.383 e. The van der Waals surface area contributed by atoms with Gasteiger partial charge in [-0.25, -0.2) is 9.97 Å². The summed E-state index contributed by atoms with van der Waals surface area (Å²) in [5, 5.41) is 0. The SMILES string of the molecule is CC(C)c1ncc(I)c(N)n1. The van der Waals surface area contributed by atoms with Crippen LogP contribution in [-0.2, 0) is 0 Å². The van der Waals surface area contributed by atoms with E-state index in [0.29, 0.717) is 11.7 Å². The molecule has 0 atom stereocenters. The van der Waals surface area contributed by atoms with Gasteiger partial charge in [0.15, 0.2) is 0 Å². The van der Waals surface area contributed by atoms with Gasteiger partial charge in [0.25, 0.3) is 0 Å². The van der Waals surface area contributed by atoms with Crippen molar-refractivity contribution < 1.29 is 0 Å². The number of nitrogens with zero attached hydrogens (tertiary/aromatic N) is 2. The molecule has 1 aromatic heterocycles. The second kappa shape index (κ2) is 3.34. The molecule has 0 aliphatic heterocycles. The number of rotatable bonds is 1. The summed E-state index contributed by atoms with van der Waals surface area (Å²) in [6.07, 6.45) is 1.75. The summed E-state index contributed by atoms with van der Waals surface area (Å²) in [5.41, 5.74) is 5.60. The van der Waals surface area contributed by atoms with E-state index in [-0.39, 0.29) is 0 Å². The molecule has 0 aliphatic carbocycles. The zero-order valence-corrected chi connectivity index (χ0v) is 8.66. The van der Waals surface area contributed by atoms with Crippen molar-refractivity contribution in [1.29, 1.82) is 0 Å². The fraction of sp³-hybridized carbons (Fsp3) is 0.429. The summed E-state index contributed by atoms with van der Waals surface area (Å²) < 4.78 is 0.909. The van der Waals surface area contributed by atoms with Crippen LogP contribution < -0.4 is 5.73 Å². The number of nitrogen functional groups attached to an aromatic ring is 1. The van der Waals surface area contributed by atoms with Gasteiger partial charge in [0, 0.05) is 12.1 Å². The van der Waals surface area contributed by atoms with Crippen molar-refractivity contribution in [2.24, 2.45) is 0 Å². The van der Waals surface area contributed by atoms with Crippen molar-refractivity contribution in [1.82, 2.24) is 9.97 Å². The lowest BCUT2D eigenvalue weighted by atomic mass is 10.2. The molecule has 0 aliphatic rings. The third-order valence-corrected chi connectivity index (χ3v) is 2.14. The fourth-order valence-electron chi connectivity index (χ4n) is 0.673. The predicted molar refractivity (Wildman–Crippen MR) is 53.3 cm³/mol. The van der Waals surface area contributed by atoms with E-state index in [4.69, 9.17) is 5.73 Å². The average Bonchev–Trinajstić information content (AvgIpc) is 1.94. The highest BCUT2D eigenvalue weighted by atomic mass is 127. The standard InChI is InChI=1S/C7H10IN3/c1-4(2)7-10-3-5(8)6(9)11-7/h3-4H,1-2H3,(H2,9,10,11). The molecule has 3 nitrogen and oxygen atoms in total. The van der Waals surface area contributed by atoms with Gasteiger partial charge in [-0.15, -0.1) is 0 Å². The van der Waals surface area contributed by atoms with Crippen LogP contribution in [0.15, 0.2) is 6.20 Å². The molecule has 0 unspecified atom stereocenters. The molecule has 0 bridgehead atoms. The molecule has 1 rings (SSSR count). The Labute approximate surface area is 79.6 Å². The number of hydrogen-bond acceptors (Lipinski definition) is 3. The summed E-state index contributed by atoms with van der Waals surface area (Å²) in [4.78, 5) is 8.27. The fourth-order valence-corrected chi connectivity index (χ4v) is 0.933. The molecule has 0 aromatic carbocycles. The van der Waals surface area contributed by atoms with Crippen LogP contribution >= 0.6 is 22.6 Å². The van der Waals surface area contributed by atoms with E-state index >= 15 is 0 Å². The molecule has 60 valence electrons. The third-order valence-electron chi connectivity index (χ3n) is 1.31. The van der Waals surface area contributed by atoms with Crippen molar-refractivity contribution in [3.63, 3.8) is 0 Å². The highest BCUT2D eigenvalue weighted by Gasteiger charge is 2.04. The average molecular weight is 263 g/mol. The number of nitrogens with two attached hydrogens (primary N) is 1. The van der Waals surface area contributed by atoms with Crippen molar-refractivity contribution >= 4 is 28.4 Å². The third kappa shape index (κ3) is 2.02. The van der Waals surface area contributed by atoms with Gasteiger partial charge in [0.1, 0.15) is 11.6 Å². The summed E-state index contributed by atoms with van der Waals surface area (Å²) in [5.74, 6) is 1.72. The maximum atomic E-state index is 5.60. The smallest absolute Gasteiger partial charge is 0.140 e. The van der Waals surface area contributed by atoms with Crippen molar-refractivity contribution in [2.45, 2.75) is 19.8 Å². The molecule has 0 fully saturated rings. The number of anilines is 1. The molecule has 4 heteroatoms. The van der Waals surface area contributed by atoms with E-state index in [0.717, 1.165) is 9.39 Å². The quantitative estimate of drug-likeness (QED) is 0.786. The first-order valence-corrected chi connectivity index (χ1v) is 4.47. The van der Waals surface area contributed by atoms with Crippen molar-refractivity contribution in [2.75, 3.05) is 5.73 Å². The maximum absolute atomic E-state index is 5.60. The summed E-state index contributed by atoms with van der Waals surface area (Å²) in [6.45, 7) is 4.09. The first kappa shape index (κ1) is 8.70. The van der Waals surface area contributed by atoms with Crippen LogP contribution in [0.3, 0.4) is 0 Å². The van der Waals surface area contributed by atoms with Crippen LogP contribution in [0.4, 0.5) is 5.82 Å². The Hall–Kier alpha value is -0.390. The lowest BCUT2D eigenvalue weighted by molar-refractivity contribution is 0.775. The molecule has 2 N–H and O–H groups in total. The molecule has 0 radical (unpaired) electrons. The van der Waals surface area contributed by atoms with Gasteiger partial charge in [0.05, 0.1) is 3.57 Å². The van der Waals surface area contributed by atoms with E-state index in [1.165, 1.54) is 0 Å². The van der Waals surface area contributed by atoms with Crippen LogP contribution in [0.1, 0.15) is 25.6 Å². The van der Waals surface area contributed by atoms with E-state index in [9.17, 15) is 0 Å². The molecule has 0 saturated carbocycles. The Bertz CT molecular complexity index is 260. The summed E-state index contributed by atoms with van der Waals surface area (Å²) >= 11 is 2.11. The van der Waals surface area contributed by atoms with Crippen LogP contribution in [-0.4, -0.2) is 9.97 Å². The van der Waals surface area contributed by atoms with Crippen LogP contribution in [0.25, 0.3) is 0 Å². The van der Waals surface area contributed by atoms with E-state index in [1.54, 1.807) is 6.20 Å². The number of hydrogen-bond donors (Lipinski definition) is 1. The minimum Gasteiger partial charge on any atom is -0.383 e. The lowest BCUT2D eigenvalue weighted by Crippen LogP contribution is -2.02. The second-order valence-corrected chi connectivity index (χ2v) is 3.78. The molecule has 0 amide bonds. The zero-order valence-electron chi connectivity index (χ0n) is 6.50. The minimum atomic E-state index is 0.342. The molecule has 0 saturated heterocycles. The summed E-state index contributed by atoms with van der Waals surface area (Å²) in [6, 6.07) is 0. The predicted octanol–water partition coefficient (Wildman–Crippen LogP) is 1.79. The Kier molecular flexibility index (Phi) is 2.64. The maximum Gasteiger partial charge on any atom is 0.140 e. The van der Waals surface area contributed by atoms with Crippen molar-refractivity contribution in [3.05, 3.63) is 15.6 Å². The van der Waals surface area contributed by atoms with Crippen molar-refractivity contribution in [3.8, 4) is 0 Å². The number of halogens is 1.